The summed E-state index contributed by atoms with van der Waals surface area (Å²) in [5.41, 5.74) is 1.06. The van der Waals surface area contributed by atoms with Crippen molar-refractivity contribution in [2.45, 2.75) is 29.9 Å². The molecule has 1 aliphatic heterocycles. The Morgan fingerprint density at radius 1 is 0.973 bits per heavy atom. The summed E-state index contributed by atoms with van der Waals surface area (Å²) in [4.78, 5) is 50.2. The molecule has 0 fully saturated rings. The molecule has 4 rings (SSSR count). The zero-order valence-electron chi connectivity index (χ0n) is 19.9. The molecule has 188 valence electrons. The lowest BCUT2D eigenvalue weighted by molar-refractivity contribution is -0.119. The van der Waals surface area contributed by atoms with Gasteiger partial charge in [0.15, 0.2) is 0 Å². The molecule has 3 aromatic rings. The van der Waals surface area contributed by atoms with Crippen LogP contribution in [-0.4, -0.2) is 39.9 Å². The summed E-state index contributed by atoms with van der Waals surface area (Å²) in [6.45, 7) is 1.88. The fourth-order valence-electron chi connectivity index (χ4n) is 3.69. The molecule has 0 saturated carbocycles. The van der Waals surface area contributed by atoms with Crippen LogP contribution in [0.4, 0.5) is 11.4 Å². The Morgan fingerprint density at radius 3 is 2.38 bits per heavy atom. The Labute approximate surface area is 217 Å². The van der Waals surface area contributed by atoms with Crippen LogP contribution >= 0.6 is 11.8 Å². The molecule has 10 heteroatoms. The van der Waals surface area contributed by atoms with Gasteiger partial charge in [0.25, 0.3) is 11.8 Å². The second-order valence-corrected chi connectivity index (χ2v) is 9.38. The standard InChI is InChI=1S/C27H24N4O5S/c1-2-22(26(34)29-23-16-24(32)31(30-23)18-10-4-3-5-11-18)37-19-12-8-9-17(15-19)28-25(33)20-13-6-7-14-21(20)27(35)36/h3-15,22H,2,16H2,1H3,(H,28,33)(H,35,36)(H,29,30,34). The zero-order chi connectivity index (χ0) is 26.4. The predicted molar refractivity (Wildman–Crippen MR) is 142 cm³/mol. The number of anilines is 2. The van der Waals surface area contributed by atoms with Gasteiger partial charge in [-0.15, -0.1) is 11.8 Å². The number of carbonyl (C=O) groups is 4. The first-order valence-electron chi connectivity index (χ1n) is 11.5. The highest BCUT2D eigenvalue weighted by Gasteiger charge is 2.28. The van der Waals surface area contributed by atoms with Crippen molar-refractivity contribution in [3.63, 3.8) is 0 Å². The number of aromatic carboxylic acids is 1. The van der Waals surface area contributed by atoms with Gasteiger partial charge in [-0.2, -0.15) is 10.1 Å². The van der Waals surface area contributed by atoms with E-state index in [0.29, 0.717) is 17.8 Å². The first-order chi connectivity index (χ1) is 17.9. The van der Waals surface area contributed by atoms with Crippen LogP contribution in [0.15, 0.2) is 88.9 Å². The zero-order valence-corrected chi connectivity index (χ0v) is 20.7. The number of para-hydroxylation sites is 1. The number of nitrogens with zero attached hydrogens (tertiary/aromatic N) is 2. The summed E-state index contributed by atoms with van der Waals surface area (Å²) in [7, 11) is 0. The highest BCUT2D eigenvalue weighted by molar-refractivity contribution is 8.00. The van der Waals surface area contributed by atoms with Crippen molar-refractivity contribution in [2.75, 3.05) is 10.3 Å². The molecule has 0 aliphatic carbocycles. The molecule has 3 amide bonds. The number of hydrazone groups is 1. The highest BCUT2D eigenvalue weighted by atomic mass is 32.2. The van der Waals surface area contributed by atoms with Crippen LogP contribution in [0.1, 0.15) is 40.5 Å². The summed E-state index contributed by atoms with van der Waals surface area (Å²) in [6, 6.07) is 21.9. The molecule has 0 saturated heterocycles. The maximum Gasteiger partial charge on any atom is 0.336 e. The van der Waals surface area contributed by atoms with Crippen LogP contribution in [0.5, 0.6) is 0 Å². The number of amides is 3. The first kappa shape index (κ1) is 25.6. The fraction of sp³-hybridized carbons (Fsp3) is 0.148. The number of carboxylic acid groups (broad SMARTS) is 1. The highest BCUT2D eigenvalue weighted by Crippen LogP contribution is 2.28. The number of amidine groups is 1. The van der Waals surface area contributed by atoms with Gasteiger partial charge >= 0.3 is 5.97 Å². The lowest BCUT2D eigenvalue weighted by Crippen LogP contribution is -2.36. The van der Waals surface area contributed by atoms with E-state index in [1.54, 1.807) is 54.6 Å². The number of carboxylic acids is 1. The average Bonchev–Trinajstić information content (AvgIpc) is 3.27. The number of hydrogen-bond acceptors (Lipinski definition) is 6. The summed E-state index contributed by atoms with van der Waals surface area (Å²) < 4.78 is 0. The molecule has 1 atom stereocenters. The van der Waals surface area contributed by atoms with Crippen LogP contribution in [0, 0.1) is 0 Å². The number of carbonyl (C=O) groups excluding carboxylic acids is 3. The summed E-state index contributed by atoms with van der Waals surface area (Å²) in [5, 5.41) is 19.9. The van der Waals surface area contributed by atoms with E-state index in [1.807, 2.05) is 19.1 Å². The van der Waals surface area contributed by atoms with Gasteiger partial charge in [0, 0.05) is 10.6 Å². The van der Waals surface area contributed by atoms with Gasteiger partial charge in [0.2, 0.25) is 5.91 Å². The van der Waals surface area contributed by atoms with Gasteiger partial charge in [-0.25, -0.2) is 4.79 Å². The first-order valence-corrected chi connectivity index (χ1v) is 12.4. The molecule has 1 aliphatic rings. The molecule has 0 spiro atoms. The summed E-state index contributed by atoms with van der Waals surface area (Å²) in [6.07, 6.45) is 0.518. The van der Waals surface area contributed by atoms with E-state index in [4.69, 9.17) is 0 Å². The molecule has 1 unspecified atom stereocenters. The van der Waals surface area contributed by atoms with Crippen molar-refractivity contribution in [1.82, 2.24) is 5.32 Å². The molecule has 37 heavy (non-hydrogen) atoms. The fourth-order valence-corrected chi connectivity index (χ4v) is 4.71. The van der Waals surface area contributed by atoms with E-state index in [9.17, 15) is 24.3 Å². The molecular weight excluding hydrogens is 492 g/mol. The summed E-state index contributed by atoms with van der Waals surface area (Å²) >= 11 is 1.31. The van der Waals surface area contributed by atoms with E-state index >= 15 is 0 Å². The van der Waals surface area contributed by atoms with Crippen molar-refractivity contribution >= 4 is 52.7 Å². The number of hydrogen-bond donors (Lipinski definition) is 3. The van der Waals surface area contributed by atoms with Crippen LogP contribution in [-0.2, 0) is 9.59 Å². The second kappa shape index (κ2) is 11.5. The van der Waals surface area contributed by atoms with Crippen LogP contribution in [0.3, 0.4) is 0 Å². The largest absolute Gasteiger partial charge is 0.478 e. The molecule has 9 nitrogen and oxygen atoms in total. The summed E-state index contributed by atoms with van der Waals surface area (Å²) in [5.74, 6) is -1.95. The Hall–Kier alpha value is -4.44. The second-order valence-electron chi connectivity index (χ2n) is 8.10. The number of benzene rings is 3. The molecule has 0 aromatic heterocycles. The predicted octanol–water partition coefficient (Wildman–Crippen LogP) is 4.37. The monoisotopic (exact) mass is 516 g/mol. The molecule has 3 N–H and O–H groups in total. The van der Waals surface area contributed by atoms with Crippen LogP contribution in [0.2, 0.25) is 0 Å². The molecule has 3 aromatic carbocycles. The minimum Gasteiger partial charge on any atom is -0.478 e. The Kier molecular flexibility index (Phi) is 7.99. The van der Waals surface area contributed by atoms with Crippen molar-refractivity contribution in [3.8, 4) is 0 Å². The lowest BCUT2D eigenvalue weighted by atomic mass is 10.1. The van der Waals surface area contributed by atoms with Crippen molar-refractivity contribution < 1.29 is 24.3 Å². The minimum atomic E-state index is -1.19. The third-order valence-corrected chi connectivity index (χ3v) is 6.84. The maximum atomic E-state index is 13.0. The number of rotatable bonds is 8. The lowest BCUT2D eigenvalue weighted by Gasteiger charge is -2.15. The van der Waals surface area contributed by atoms with Gasteiger partial charge in [-0.3, -0.25) is 14.4 Å². The third kappa shape index (κ3) is 6.22. The van der Waals surface area contributed by atoms with E-state index in [-0.39, 0.29) is 35.2 Å². The minimum absolute atomic E-state index is 0.00106. The molecule has 0 bridgehead atoms. The topological polar surface area (TPSA) is 128 Å². The van der Waals surface area contributed by atoms with Gasteiger partial charge in [0.05, 0.1) is 28.5 Å². The van der Waals surface area contributed by atoms with Crippen LogP contribution < -0.4 is 15.6 Å². The Morgan fingerprint density at radius 2 is 1.68 bits per heavy atom. The quantitative estimate of drug-likeness (QED) is 0.381. The molecule has 1 heterocycles. The van der Waals surface area contributed by atoms with Crippen LogP contribution in [0.25, 0.3) is 0 Å². The van der Waals surface area contributed by atoms with Gasteiger partial charge in [-0.1, -0.05) is 43.3 Å². The van der Waals surface area contributed by atoms with Gasteiger partial charge in [-0.05, 0) is 48.9 Å². The number of thioether (sulfide) groups is 1. The third-order valence-electron chi connectivity index (χ3n) is 5.48. The van der Waals surface area contributed by atoms with Gasteiger partial charge in [0.1, 0.15) is 5.84 Å². The van der Waals surface area contributed by atoms with E-state index < -0.39 is 17.1 Å². The van der Waals surface area contributed by atoms with E-state index in [2.05, 4.69) is 15.7 Å². The Bertz CT molecular complexity index is 1380. The molecule has 0 radical (unpaired) electrons. The van der Waals surface area contributed by atoms with E-state index in [1.165, 1.54) is 28.9 Å². The smallest absolute Gasteiger partial charge is 0.336 e. The SMILES string of the molecule is CCC(Sc1cccc(NC(=O)c2ccccc2C(=O)O)c1)C(=O)NC1=NN(c2ccccc2)C(=O)C1. The van der Waals surface area contributed by atoms with Gasteiger partial charge < -0.3 is 15.7 Å². The maximum absolute atomic E-state index is 13.0. The normalized spacial score (nSPS) is 13.6. The van der Waals surface area contributed by atoms with Crippen molar-refractivity contribution in [1.29, 1.82) is 0 Å². The molecular formula is C27H24N4O5S. The average molecular weight is 517 g/mol. The van der Waals surface area contributed by atoms with Crippen molar-refractivity contribution in [2.24, 2.45) is 5.10 Å². The van der Waals surface area contributed by atoms with E-state index in [0.717, 1.165) is 4.90 Å². The Balaban J connectivity index is 1.41. The number of nitrogens with one attached hydrogen (secondary N) is 2. The van der Waals surface area contributed by atoms with Crippen molar-refractivity contribution in [3.05, 3.63) is 90.0 Å².